The number of hydrogen-bond acceptors (Lipinski definition) is 3. The van der Waals surface area contributed by atoms with E-state index in [1.807, 2.05) is 0 Å². The lowest BCUT2D eigenvalue weighted by Gasteiger charge is -2.33. The Bertz CT molecular complexity index is 266. The SMILES string of the molecule is CC(O)CCC(=O)N1CCCCC1C(N)=O. The summed E-state index contributed by atoms with van der Waals surface area (Å²) in [6, 6.07) is -0.449. The maximum absolute atomic E-state index is 11.8. The zero-order valence-corrected chi connectivity index (χ0v) is 9.69. The van der Waals surface area contributed by atoms with Crippen LogP contribution in [0.15, 0.2) is 0 Å². The van der Waals surface area contributed by atoms with Gasteiger partial charge in [-0.3, -0.25) is 9.59 Å². The first kappa shape index (κ1) is 13.0. The normalized spacial score (nSPS) is 22.9. The fraction of sp³-hybridized carbons (Fsp3) is 0.818. The van der Waals surface area contributed by atoms with Gasteiger partial charge in [-0.2, -0.15) is 0 Å². The Kier molecular flexibility index (Phi) is 4.73. The molecule has 5 nitrogen and oxygen atoms in total. The van der Waals surface area contributed by atoms with Gasteiger partial charge in [-0.05, 0) is 32.6 Å². The summed E-state index contributed by atoms with van der Waals surface area (Å²) in [6.45, 7) is 2.25. The van der Waals surface area contributed by atoms with Gasteiger partial charge in [0.2, 0.25) is 11.8 Å². The highest BCUT2D eigenvalue weighted by molar-refractivity contribution is 5.86. The molecule has 1 heterocycles. The summed E-state index contributed by atoms with van der Waals surface area (Å²) >= 11 is 0. The van der Waals surface area contributed by atoms with E-state index in [0.717, 1.165) is 12.8 Å². The lowest BCUT2D eigenvalue weighted by atomic mass is 10.0. The maximum Gasteiger partial charge on any atom is 0.240 e. The Morgan fingerprint density at radius 2 is 2.19 bits per heavy atom. The van der Waals surface area contributed by atoms with E-state index >= 15 is 0 Å². The summed E-state index contributed by atoms with van der Waals surface area (Å²) < 4.78 is 0. The average Bonchev–Trinajstić information content (AvgIpc) is 2.25. The molecule has 0 radical (unpaired) electrons. The van der Waals surface area contributed by atoms with Crippen LogP contribution >= 0.6 is 0 Å². The number of carbonyl (C=O) groups is 2. The molecule has 2 atom stereocenters. The number of nitrogens with two attached hydrogens (primary N) is 1. The number of hydrogen-bond donors (Lipinski definition) is 2. The number of rotatable bonds is 4. The van der Waals surface area contributed by atoms with Gasteiger partial charge in [0.25, 0.3) is 0 Å². The topological polar surface area (TPSA) is 83.6 Å². The Morgan fingerprint density at radius 3 is 2.75 bits per heavy atom. The van der Waals surface area contributed by atoms with Crippen LogP contribution in [0.3, 0.4) is 0 Å². The minimum atomic E-state index is -0.485. The monoisotopic (exact) mass is 228 g/mol. The molecule has 16 heavy (non-hydrogen) atoms. The smallest absolute Gasteiger partial charge is 0.240 e. The lowest BCUT2D eigenvalue weighted by Crippen LogP contribution is -2.50. The van der Waals surface area contributed by atoms with Gasteiger partial charge < -0.3 is 15.7 Å². The number of aliphatic hydroxyl groups excluding tert-OH is 1. The highest BCUT2D eigenvalue weighted by Gasteiger charge is 2.30. The van der Waals surface area contributed by atoms with Crippen LogP contribution in [0.4, 0.5) is 0 Å². The highest BCUT2D eigenvalue weighted by Crippen LogP contribution is 2.18. The Morgan fingerprint density at radius 1 is 1.50 bits per heavy atom. The van der Waals surface area contributed by atoms with E-state index < -0.39 is 18.1 Å². The Balaban J connectivity index is 2.54. The number of carbonyl (C=O) groups excluding carboxylic acids is 2. The van der Waals surface area contributed by atoms with E-state index in [0.29, 0.717) is 19.4 Å². The molecule has 0 aliphatic carbocycles. The fourth-order valence-electron chi connectivity index (χ4n) is 2.00. The molecule has 0 saturated carbocycles. The maximum atomic E-state index is 11.8. The van der Waals surface area contributed by atoms with Gasteiger partial charge in [0.1, 0.15) is 6.04 Å². The second-order valence-corrected chi connectivity index (χ2v) is 4.39. The van der Waals surface area contributed by atoms with Crippen molar-refractivity contribution >= 4 is 11.8 Å². The number of amides is 2. The number of likely N-dealkylation sites (tertiary alicyclic amines) is 1. The van der Waals surface area contributed by atoms with E-state index in [9.17, 15) is 9.59 Å². The summed E-state index contributed by atoms with van der Waals surface area (Å²) in [7, 11) is 0. The van der Waals surface area contributed by atoms with E-state index in [2.05, 4.69) is 0 Å². The summed E-state index contributed by atoms with van der Waals surface area (Å²) in [4.78, 5) is 24.6. The molecule has 5 heteroatoms. The van der Waals surface area contributed by atoms with E-state index in [-0.39, 0.29) is 12.3 Å². The molecule has 1 fully saturated rings. The fourth-order valence-corrected chi connectivity index (χ4v) is 2.00. The van der Waals surface area contributed by atoms with Crippen LogP contribution in [-0.4, -0.2) is 40.5 Å². The third kappa shape index (κ3) is 3.48. The molecule has 0 aromatic rings. The minimum Gasteiger partial charge on any atom is -0.393 e. The second kappa shape index (κ2) is 5.84. The van der Waals surface area contributed by atoms with Crippen molar-refractivity contribution in [1.82, 2.24) is 4.90 Å². The average molecular weight is 228 g/mol. The van der Waals surface area contributed by atoms with Gasteiger partial charge in [0.15, 0.2) is 0 Å². The first-order valence-corrected chi connectivity index (χ1v) is 5.79. The first-order chi connectivity index (χ1) is 7.52. The van der Waals surface area contributed by atoms with Crippen molar-refractivity contribution in [2.45, 2.75) is 51.2 Å². The highest BCUT2D eigenvalue weighted by atomic mass is 16.3. The van der Waals surface area contributed by atoms with Crippen LogP contribution in [0.25, 0.3) is 0 Å². The molecule has 92 valence electrons. The van der Waals surface area contributed by atoms with Crippen molar-refractivity contribution in [2.75, 3.05) is 6.54 Å². The predicted molar refractivity (Wildman–Crippen MR) is 59.5 cm³/mol. The van der Waals surface area contributed by atoms with Crippen LogP contribution in [0, 0.1) is 0 Å². The van der Waals surface area contributed by atoms with Crippen molar-refractivity contribution < 1.29 is 14.7 Å². The molecule has 1 aliphatic heterocycles. The molecule has 0 bridgehead atoms. The van der Waals surface area contributed by atoms with Gasteiger partial charge in [-0.1, -0.05) is 0 Å². The summed E-state index contributed by atoms with van der Waals surface area (Å²) in [5.41, 5.74) is 5.27. The first-order valence-electron chi connectivity index (χ1n) is 5.79. The summed E-state index contributed by atoms with van der Waals surface area (Å²) in [5.74, 6) is -0.505. The third-order valence-electron chi connectivity index (χ3n) is 2.93. The van der Waals surface area contributed by atoms with E-state index in [1.165, 1.54) is 0 Å². The molecule has 2 amide bonds. The molecule has 1 rings (SSSR count). The number of nitrogens with zero attached hydrogens (tertiary/aromatic N) is 1. The number of piperidine rings is 1. The largest absolute Gasteiger partial charge is 0.393 e. The van der Waals surface area contributed by atoms with Crippen molar-refractivity contribution in [1.29, 1.82) is 0 Å². The van der Waals surface area contributed by atoms with Gasteiger partial charge in [-0.25, -0.2) is 0 Å². The van der Waals surface area contributed by atoms with Crippen molar-refractivity contribution in [3.8, 4) is 0 Å². The molecule has 0 aromatic heterocycles. The van der Waals surface area contributed by atoms with Crippen molar-refractivity contribution in [3.63, 3.8) is 0 Å². The molecule has 3 N–H and O–H groups in total. The molecule has 0 aromatic carbocycles. The minimum absolute atomic E-state index is 0.0793. The Labute approximate surface area is 95.6 Å². The molecular formula is C11H20N2O3. The Hall–Kier alpha value is -1.10. The molecule has 2 unspecified atom stereocenters. The predicted octanol–water partition coefficient (Wildman–Crippen LogP) is 0.0138. The van der Waals surface area contributed by atoms with E-state index in [4.69, 9.17) is 10.8 Å². The van der Waals surface area contributed by atoms with Gasteiger partial charge in [0.05, 0.1) is 6.10 Å². The standard InChI is InChI=1S/C11H20N2O3/c1-8(14)5-6-10(15)13-7-3-2-4-9(13)11(12)16/h8-9,14H,2-7H2,1H3,(H2,12,16). The van der Waals surface area contributed by atoms with Crippen molar-refractivity contribution in [2.24, 2.45) is 5.73 Å². The van der Waals surface area contributed by atoms with Crippen LogP contribution in [0.1, 0.15) is 39.0 Å². The van der Waals surface area contributed by atoms with Crippen LogP contribution in [-0.2, 0) is 9.59 Å². The van der Waals surface area contributed by atoms with Crippen LogP contribution in [0.5, 0.6) is 0 Å². The van der Waals surface area contributed by atoms with Crippen molar-refractivity contribution in [3.05, 3.63) is 0 Å². The third-order valence-corrected chi connectivity index (χ3v) is 2.93. The number of aliphatic hydroxyl groups is 1. The molecule has 0 spiro atoms. The van der Waals surface area contributed by atoms with Crippen LogP contribution in [0.2, 0.25) is 0 Å². The quantitative estimate of drug-likeness (QED) is 0.711. The second-order valence-electron chi connectivity index (χ2n) is 4.39. The molecule has 1 saturated heterocycles. The zero-order valence-electron chi connectivity index (χ0n) is 9.69. The molecular weight excluding hydrogens is 208 g/mol. The summed E-state index contributed by atoms with van der Waals surface area (Å²) in [6.07, 6.45) is 2.75. The lowest BCUT2D eigenvalue weighted by molar-refractivity contribution is -0.141. The molecule has 1 aliphatic rings. The van der Waals surface area contributed by atoms with Crippen LogP contribution < -0.4 is 5.73 Å². The van der Waals surface area contributed by atoms with Gasteiger partial charge >= 0.3 is 0 Å². The van der Waals surface area contributed by atoms with Gasteiger partial charge in [0, 0.05) is 13.0 Å². The van der Waals surface area contributed by atoms with E-state index in [1.54, 1.807) is 11.8 Å². The van der Waals surface area contributed by atoms with Gasteiger partial charge in [-0.15, -0.1) is 0 Å². The zero-order chi connectivity index (χ0) is 12.1. The number of primary amides is 1. The summed E-state index contributed by atoms with van der Waals surface area (Å²) in [5, 5.41) is 9.11.